The van der Waals surface area contributed by atoms with Gasteiger partial charge < -0.3 is 10.1 Å². The van der Waals surface area contributed by atoms with Crippen LogP contribution in [-0.2, 0) is 15.9 Å². The summed E-state index contributed by atoms with van der Waals surface area (Å²) in [6.07, 6.45) is 0. The Balaban J connectivity index is 1.72. The molecule has 0 aliphatic carbocycles. The predicted molar refractivity (Wildman–Crippen MR) is 143 cm³/mol. The van der Waals surface area contributed by atoms with Crippen LogP contribution in [0.5, 0.6) is 0 Å². The minimum Gasteiger partial charge on any atom is -0.462 e. The van der Waals surface area contributed by atoms with E-state index in [1.54, 1.807) is 11.8 Å². The molecule has 176 valence electrons. The summed E-state index contributed by atoms with van der Waals surface area (Å²) >= 11 is 3.05. The van der Waals surface area contributed by atoms with Gasteiger partial charge in [0, 0.05) is 10.6 Å². The van der Waals surface area contributed by atoms with Crippen LogP contribution in [0.1, 0.15) is 54.3 Å². The fourth-order valence-corrected chi connectivity index (χ4v) is 5.45. The molecule has 0 bridgehead atoms. The van der Waals surface area contributed by atoms with Crippen molar-refractivity contribution >= 4 is 50.8 Å². The molecule has 2 heterocycles. The largest absolute Gasteiger partial charge is 0.462 e. The van der Waals surface area contributed by atoms with Gasteiger partial charge in [-0.05, 0) is 54.7 Å². The quantitative estimate of drug-likeness (QED) is 0.213. The molecule has 0 atom stereocenters. The Bertz CT molecular complexity index is 1290. The zero-order chi connectivity index (χ0) is 24.3. The topological polar surface area (TPSA) is 64.1 Å². The highest BCUT2D eigenvalue weighted by molar-refractivity contribution is 7.98. The third kappa shape index (κ3) is 5.42. The van der Waals surface area contributed by atoms with Crippen LogP contribution in [-0.4, -0.2) is 22.5 Å². The highest BCUT2D eigenvalue weighted by Gasteiger charge is 2.22. The van der Waals surface area contributed by atoms with E-state index >= 15 is 0 Å². The van der Waals surface area contributed by atoms with Crippen LogP contribution in [0.2, 0.25) is 0 Å². The van der Waals surface area contributed by atoms with Crippen molar-refractivity contribution in [2.24, 2.45) is 0 Å². The van der Waals surface area contributed by atoms with Crippen molar-refractivity contribution in [3.05, 3.63) is 76.4 Å². The number of nitrogens with one attached hydrogen (secondary N) is 1. The number of hydrogen-bond acceptors (Lipinski definition) is 7. The molecule has 34 heavy (non-hydrogen) atoms. The number of rotatable bonds is 7. The average molecular weight is 492 g/mol. The second kappa shape index (κ2) is 10.2. The fraction of sp³-hybridized carbons (Fsp3) is 0.296. The van der Waals surface area contributed by atoms with Gasteiger partial charge in [-0.15, -0.1) is 23.1 Å². The second-order valence-electron chi connectivity index (χ2n) is 9.00. The minimum absolute atomic E-state index is 0.0844. The van der Waals surface area contributed by atoms with Crippen molar-refractivity contribution < 1.29 is 9.53 Å². The van der Waals surface area contributed by atoms with Crippen molar-refractivity contribution in [2.45, 2.75) is 50.7 Å². The van der Waals surface area contributed by atoms with Crippen molar-refractivity contribution in [1.82, 2.24) is 9.97 Å². The maximum Gasteiger partial charge on any atom is 0.348 e. The van der Waals surface area contributed by atoms with Gasteiger partial charge in [0.15, 0.2) is 0 Å². The summed E-state index contributed by atoms with van der Waals surface area (Å²) in [5.74, 6) is 1.74. The number of benzene rings is 2. The molecule has 0 spiro atoms. The average Bonchev–Trinajstić information content (AvgIpc) is 3.15. The summed E-state index contributed by atoms with van der Waals surface area (Å²) in [6, 6.07) is 18.6. The second-order valence-corrected chi connectivity index (χ2v) is 11.0. The molecule has 1 N–H and O–H groups in total. The molecule has 0 fully saturated rings. The highest BCUT2D eigenvalue weighted by Crippen LogP contribution is 2.36. The first-order chi connectivity index (χ1) is 16.3. The number of esters is 1. The number of aromatic nitrogens is 2. The van der Waals surface area contributed by atoms with Crippen LogP contribution in [0.3, 0.4) is 0 Å². The van der Waals surface area contributed by atoms with Crippen molar-refractivity contribution in [3.8, 4) is 0 Å². The van der Waals surface area contributed by atoms with Crippen LogP contribution in [0, 0.1) is 6.92 Å². The summed E-state index contributed by atoms with van der Waals surface area (Å²) in [5.41, 5.74) is 3.13. The Labute approximate surface area is 209 Å². The maximum absolute atomic E-state index is 12.5. The lowest BCUT2D eigenvalue weighted by atomic mass is 9.87. The number of ether oxygens (including phenoxy) is 1. The molecule has 4 rings (SSSR count). The molecule has 0 radical (unpaired) electrons. The van der Waals surface area contributed by atoms with E-state index in [1.807, 2.05) is 32.0 Å². The highest BCUT2D eigenvalue weighted by atomic mass is 32.2. The fourth-order valence-electron chi connectivity index (χ4n) is 3.58. The maximum atomic E-state index is 12.5. The monoisotopic (exact) mass is 491 g/mol. The van der Waals surface area contributed by atoms with Gasteiger partial charge in [0.2, 0.25) is 0 Å². The zero-order valence-corrected chi connectivity index (χ0v) is 21.8. The molecule has 0 aliphatic rings. The number of thioether (sulfide) groups is 1. The number of hydrogen-bond donors (Lipinski definition) is 1. The molecule has 7 heteroatoms. The van der Waals surface area contributed by atoms with E-state index in [4.69, 9.17) is 14.7 Å². The van der Waals surface area contributed by atoms with Crippen LogP contribution in [0.4, 0.5) is 11.5 Å². The first-order valence-corrected chi connectivity index (χ1v) is 13.1. The number of carbonyl (C=O) groups excluding carboxylic acids is 1. The Kier molecular flexibility index (Phi) is 7.24. The standard InChI is InChI=1S/C27H29N3O2S2/c1-6-32-26(31)23-17(2)22-24(28-19-14-12-18(13-15-19)27(3,4)5)29-21(30-25(22)34-23)16-33-20-10-8-7-9-11-20/h7-15H,6,16H2,1-5H3,(H,28,29,30). The summed E-state index contributed by atoms with van der Waals surface area (Å²) in [6.45, 7) is 10.7. The number of aryl methyl sites for hydroxylation is 1. The summed E-state index contributed by atoms with van der Waals surface area (Å²) in [7, 11) is 0. The third-order valence-corrected chi connectivity index (χ3v) is 7.60. The smallest absolute Gasteiger partial charge is 0.348 e. The molecule has 2 aromatic carbocycles. The van der Waals surface area contributed by atoms with Gasteiger partial charge >= 0.3 is 5.97 Å². The third-order valence-electron chi connectivity index (χ3n) is 5.42. The number of thiophene rings is 1. The van der Waals surface area contributed by atoms with Gasteiger partial charge in [-0.2, -0.15) is 0 Å². The zero-order valence-electron chi connectivity index (χ0n) is 20.1. The lowest BCUT2D eigenvalue weighted by molar-refractivity contribution is 0.0531. The Morgan fingerprint density at radius 3 is 2.41 bits per heavy atom. The normalized spacial score (nSPS) is 11.6. The van der Waals surface area contributed by atoms with E-state index in [2.05, 4.69) is 62.5 Å². The molecule has 0 saturated carbocycles. The van der Waals surface area contributed by atoms with E-state index in [0.29, 0.717) is 28.9 Å². The van der Waals surface area contributed by atoms with E-state index < -0.39 is 0 Å². The van der Waals surface area contributed by atoms with E-state index in [-0.39, 0.29) is 11.4 Å². The molecule has 0 aliphatic heterocycles. The number of anilines is 2. The van der Waals surface area contributed by atoms with Gasteiger partial charge in [0.25, 0.3) is 0 Å². The SMILES string of the molecule is CCOC(=O)c1sc2nc(CSc3ccccc3)nc(Nc3ccc(C(C)(C)C)cc3)c2c1C. The molecule has 0 saturated heterocycles. The summed E-state index contributed by atoms with van der Waals surface area (Å²) in [5, 5.41) is 4.35. The Morgan fingerprint density at radius 2 is 1.76 bits per heavy atom. The minimum atomic E-state index is -0.316. The molecule has 0 amide bonds. The summed E-state index contributed by atoms with van der Waals surface area (Å²) in [4.78, 5) is 24.7. The van der Waals surface area contributed by atoms with Crippen molar-refractivity contribution in [3.63, 3.8) is 0 Å². The van der Waals surface area contributed by atoms with Gasteiger partial charge in [-0.1, -0.05) is 51.1 Å². The molecule has 5 nitrogen and oxygen atoms in total. The molecular weight excluding hydrogens is 462 g/mol. The van der Waals surface area contributed by atoms with E-state index in [1.165, 1.54) is 16.9 Å². The first kappa shape index (κ1) is 24.2. The molecule has 0 unspecified atom stereocenters. The van der Waals surface area contributed by atoms with Crippen molar-refractivity contribution in [2.75, 3.05) is 11.9 Å². The molecule has 4 aromatic rings. The number of carbonyl (C=O) groups is 1. The van der Waals surface area contributed by atoms with Crippen LogP contribution in [0.25, 0.3) is 10.2 Å². The van der Waals surface area contributed by atoms with Crippen LogP contribution >= 0.6 is 23.1 Å². The van der Waals surface area contributed by atoms with Crippen molar-refractivity contribution in [1.29, 1.82) is 0 Å². The Hall–Kier alpha value is -2.90. The first-order valence-electron chi connectivity index (χ1n) is 11.3. The molecular formula is C27H29N3O2S2. The molecule has 2 aromatic heterocycles. The Morgan fingerprint density at radius 1 is 1.06 bits per heavy atom. The van der Waals surface area contributed by atoms with E-state index in [0.717, 1.165) is 26.4 Å². The number of fused-ring (bicyclic) bond motifs is 1. The lowest BCUT2D eigenvalue weighted by Gasteiger charge is -2.19. The van der Waals surface area contributed by atoms with Gasteiger partial charge in [-0.25, -0.2) is 14.8 Å². The van der Waals surface area contributed by atoms with Gasteiger partial charge in [0.05, 0.1) is 17.7 Å². The van der Waals surface area contributed by atoms with Crippen LogP contribution in [0.15, 0.2) is 59.5 Å². The lowest BCUT2D eigenvalue weighted by Crippen LogP contribution is -2.10. The predicted octanol–water partition coefficient (Wildman–Crippen LogP) is 7.51. The number of nitrogens with zero attached hydrogens (tertiary/aromatic N) is 2. The van der Waals surface area contributed by atoms with Gasteiger partial charge in [0.1, 0.15) is 21.3 Å². The van der Waals surface area contributed by atoms with Gasteiger partial charge in [-0.3, -0.25) is 0 Å². The van der Waals surface area contributed by atoms with E-state index in [9.17, 15) is 4.79 Å². The summed E-state index contributed by atoms with van der Waals surface area (Å²) < 4.78 is 5.28. The van der Waals surface area contributed by atoms with Crippen LogP contribution < -0.4 is 5.32 Å².